The summed E-state index contributed by atoms with van der Waals surface area (Å²) in [6.45, 7) is 12.6. The Morgan fingerprint density at radius 2 is 1.70 bits per heavy atom. The van der Waals surface area contributed by atoms with Crippen molar-refractivity contribution in [1.29, 1.82) is 0 Å². The summed E-state index contributed by atoms with van der Waals surface area (Å²) < 4.78 is 5.67. The summed E-state index contributed by atoms with van der Waals surface area (Å²) >= 11 is 0. The second kappa shape index (κ2) is 14.2. The van der Waals surface area contributed by atoms with Gasteiger partial charge >= 0.3 is 0 Å². The fourth-order valence-electron chi connectivity index (χ4n) is 3.61. The smallest absolute Gasteiger partial charge is 0.191 e. The van der Waals surface area contributed by atoms with Crippen molar-refractivity contribution >= 4 is 29.9 Å². The molecule has 1 saturated carbocycles. The van der Waals surface area contributed by atoms with Gasteiger partial charge in [-0.15, -0.1) is 24.0 Å². The van der Waals surface area contributed by atoms with Gasteiger partial charge in [0.05, 0.1) is 0 Å². The molecule has 0 aromatic heterocycles. The molecule has 1 saturated heterocycles. The third-order valence-electron chi connectivity index (χ3n) is 5.83. The minimum Gasteiger partial charge on any atom is -0.381 e. The van der Waals surface area contributed by atoms with E-state index in [9.17, 15) is 0 Å². The molecule has 0 bridgehead atoms. The molecule has 0 amide bonds. The van der Waals surface area contributed by atoms with Crippen molar-refractivity contribution in [2.24, 2.45) is 10.9 Å². The second-order valence-corrected chi connectivity index (χ2v) is 8.25. The van der Waals surface area contributed by atoms with Crippen LogP contribution < -0.4 is 10.6 Å². The Kier molecular flexibility index (Phi) is 12.0. The molecule has 0 spiro atoms. The minimum atomic E-state index is 0. The molecule has 0 unspecified atom stereocenters. The molecular weight excluding hydrogens is 489 g/mol. The first-order chi connectivity index (χ1) is 14.3. The maximum atomic E-state index is 5.67. The van der Waals surface area contributed by atoms with Gasteiger partial charge in [-0.2, -0.15) is 0 Å². The Balaban J connectivity index is 0.00000320. The number of benzene rings is 1. The summed E-state index contributed by atoms with van der Waals surface area (Å²) in [6.07, 6.45) is 3.71. The molecule has 2 aliphatic rings. The van der Waals surface area contributed by atoms with Crippen molar-refractivity contribution in [2.45, 2.75) is 39.3 Å². The molecule has 1 aliphatic carbocycles. The average molecular weight is 530 g/mol. The van der Waals surface area contributed by atoms with Crippen molar-refractivity contribution < 1.29 is 4.74 Å². The Morgan fingerprint density at radius 1 is 1.03 bits per heavy atom. The number of rotatable bonds is 11. The van der Waals surface area contributed by atoms with E-state index in [0.29, 0.717) is 0 Å². The van der Waals surface area contributed by atoms with E-state index in [1.807, 2.05) is 7.05 Å². The highest BCUT2D eigenvalue weighted by molar-refractivity contribution is 14.0. The van der Waals surface area contributed by atoms with Gasteiger partial charge in [0.25, 0.3) is 0 Å². The van der Waals surface area contributed by atoms with E-state index in [2.05, 4.69) is 56.6 Å². The first-order valence-corrected chi connectivity index (χ1v) is 11.3. The van der Waals surface area contributed by atoms with E-state index in [4.69, 9.17) is 4.74 Å². The van der Waals surface area contributed by atoms with E-state index in [1.165, 1.54) is 56.7 Å². The van der Waals surface area contributed by atoms with E-state index < -0.39 is 0 Å². The summed E-state index contributed by atoms with van der Waals surface area (Å²) in [5.41, 5.74) is 2.67. The zero-order chi connectivity index (χ0) is 20.3. The molecule has 30 heavy (non-hydrogen) atoms. The Labute approximate surface area is 199 Å². The minimum absolute atomic E-state index is 0. The van der Waals surface area contributed by atoms with Crippen molar-refractivity contribution in [1.82, 2.24) is 20.4 Å². The number of likely N-dealkylation sites (N-methyl/N-ethyl adjacent to an activating group) is 1. The molecule has 0 radical (unpaired) electrons. The molecule has 170 valence electrons. The highest BCUT2D eigenvalue weighted by Gasteiger charge is 2.20. The number of ether oxygens (including phenoxy) is 1. The fourth-order valence-corrected chi connectivity index (χ4v) is 3.61. The number of halogens is 1. The van der Waals surface area contributed by atoms with Crippen LogP contribution in [0.3, 0.4) is 0 Å². The van der Waals surface area contributed by atoms with Crippen LogP contribution in [-0.2, 0) is 17.8 Å². The van der Waals surface area contributed by atoms with Crippen LogP contribution in [0.5, 0.6) is 0 Å². The van der Waals surface area contributed by atoms with Gasteiger partial charge in [-0.25, -0.2) is 0 Å². The number of guanidine groups is 1. The normalized spacial score (nSPS) is 18.1. The van der Waals surface area contributed by atoms with Gasteiger partial charge in [-0.1, -0.05) is 31.2 Å². The Bertz CT molecular complexity index is 613. The highest BCUT2D eigenvalue weighted by Crippen LogP contribution is 2.28. The van der Waals surface area contributed by atoms with Crippen LogP contribution in [0.25, 0.3) is 0 Å². The van der Waals surface area contributed by atoms with Gasteiger partial charge < -0.3 is 20.3 Å². The van der Waals surface area contributed by atoms with Crippen LogP contribution in [0.4, 0.5) is 0 Å². The lowest BCUT2D eigenvalue weighted by molar-refractivity contribution is 0.123. The topological polar surface area (TPSA) is 52.1 Å². The van der Waals surface area contributed by atoms with Crippen LogP contribution in [0.15, 0.2) is 29.3 Å². The van der Waals surface area contributed by atoms with Crippen molar-refractivity contribution in [3.63, 3.8) is 0 Å². The van der Waals surface area contributed by atoms with Crippen molar-refractivity contribution in [3.8, 4) is 0 Å². The van der Waals surface area contributed by atoms with Crippen molar-refractivity contribution in [3.05, 3.63) is 35.4 Å². The van der Waals surface area contributed by atoms with Gasteiger partial charge in [0.15, 0.2) is 5.96 Å². The molecular formula is C23H40IN5O. The highest BCUT2D eigenvalue weighted by atomic mass is 127. The molecule has 1 aromatic carbocycles. The molecule has 2 N–H and O–H groups in total. The lowest BCUT2D eigenvalue weighted by atomic mass is 10.1. The predicted molar refractivity (Wildman–Crippen MR) is 136 cm³/mol. The van der Waals surface area contributed by atoms with E-state index >= 15 is 0 Å². The number of aliphatic imine (C=N–C) groups is 1. The number of piperazine rings is 1. The third kappa shape index (κ3) is 9.49. The number of nitrogens with zero attached hydrogens (tertiary/aromatic N) is 3. The third-order valence-corrected chi connectivity index (χ3v) is 5.83. The van der Waals surface area contributed by atoms with Gasteiger partial charge in [-0.3, -0.25) is 9.89 Å². The monoisotopic (exact) mass is 529 g/mol. The quantitative estimate of drug-likeness (QED) is 0.200. The van der Waals surface area contributed by atoms with Crippen LogP contribution in [0, 0.1) is 5.92 Å². The lowest BCUT2D eigenvalue weighted by Gasteiger charge is -2.34. The molecule has 1 aliphatic heterocycles. The largest absolute Gasteiger partial charge is 0.381 e. The van der Waals surface area contributed by atoms with Crippen LogP contribution in [0.1, 0.15) is 37.3 Å². The summed E-state index contributed by atoms with van der Waals surface area (Å²) in [5, 5.41) is 6.76. The lowest BCUT2D eigenvalue weighted by Crippen LogP contribution is -2.45. The van der Waals surface area contributed by atoms with Crippen LogP contribution in [-0.4, -0.2) is 75.3 Å². The maximum Gasteiger partial charge on any atom is 0.191 e. The van der Waals surface area contributed by atoms with Crippen molar-refractivity contribution in [2.75, 3.05) is 59.5 Å². The average Bonchev–Trinajstić information content (AvgIpc) is 3.59. The zero-order valence-corrected chi connectivity index (χ0v) is 21.1. The zero-order valence-electron chi connectivity index (χ0n) is 18.7. The van der Waals surface area contributed by atoms with Gasteiger partial charge in [0, 0.05) is 66.1 Å². The van der Waals surface area contributed by atoms with Gasteiger partial charge in [0.2, 0.25) is 0 Å². The molecule has 0 atom stereocenters. The van der Waals surface area contributed by atoms with E-state index in [1.54, 1.807) is 0 Å². The Hall–Kier alpha value is -0.900. The molecule has 1 heterocycles. The molecule has 6 nitrogen and oxygen atoms in total. The molecule has 7 heteroatoms. The first-order valence-electron chi connectivity index (χ1n) is 11.3. The number of nitrogens with one attached hydrogen (secondary N) is 2. The predicted octanol–water partition coefficient (Wildman–Crippen LogP) is 2.92. The second-order valence-electron chi connectivity index (χ2n) is 8.25. The first kappa shape index (κ1) is 25.4. The maximum absolute atomic E-state index is 5.67. The molecule has 2 fully saturated rings. The number of hydrogen-bond acceptors (Lipinski definition) is 4. The standard InChI is InChI=1S/C23H39N5O.HI/c1-3-27-12-14-28(15-13-27)18-21-7-5-20(6-8-21)17-26-23(24-2)25-11-4-16-29-19-22-9-10-22;/h5-8,22H,3-4,9-19H2,1-2H3,(H2,24,25,26);1H. The van der Waals surface area contributed by atoms with Crippen LogP contribution >= 0.6 is 24.0 Å². The molecule has 1 aromatic rings. The van der Waals surface area contributed by atoms with Gasteiger partial charge in [-0.05, 0) is 42.9 Å². The summed E-state index contributed by atoms with van der Waals surface area (Å²) in [4.78, 5) is 9.39. The van der Waals surface area contributed by atoms with Crippen LogP contribution in [0.2, 0.25) is 0 Å². The summed E-state index contributed by atoms with van der Waals surface area (Å²) in [7, 11) is 1.82. The SMILES string of the molecule is CCN1CCN(Cc2ccc(CNC(=NC)NCCCOCC3CC3)cc2)CC1.I. The summed E-state index contributed by atoms with van der Waals surface area (Å²) in [6, 6.07) is 8.97. The fraction of sp³-hybridized carbons (Fsp3) is 0.696. The Morgan fingerprint density at radius 3 is 2.33 bits per heavy atom. The van der Waals surface area contributed by atoms with E-state index in [0.717, 1.165) is 51.1 Å². The summed E-state index contributed by atoms with van der Waals surface area (Å²) in [5.74, 6) is 1.69. The molecule has 3 rings (SSSR count). The number of hydrogen-bond donors (Lipinski definition) is 2. The van der Waals surface area contributed by atoms with E-state index in [-0.39, 0.29) is 24.0 Å². The van der Waals surface area contributed by atoms with Gasteiger partial charge in [0.1, 0.15) is 0 Å².